The number of aryl methyl sites for hydroxylation is 1. The average Bonchev–Trinajstić information content (AvgIpc) is 3.12. The van der Waals surface area contributed by atoms with Crippen molar-refractivity contribution in [2.75, 3.05) is 12.4 Å². The predicted octanol–water partition coefficient (Wildman–Crippen LogP) is 4.90. The highest BCUT2D eigenvalue weighted by Crippen LogP contribution is 2.29. The Morgan fingerprint density at radius 2 is 1.85 bits per heavy atom. The zero-order chi connectivity index (χ0) is 17.8. The highest BCUT2D eigenvalue weighted by atomic mass is 32.2. The number of rotatable bonds is 5. The molecule has 3 aromatic rings. The van der Waals surface area contributed by atoms with Gasteiger partial charge in [0.05, 0.1) is 6.10 Å². The van der Waals surface area contributed by atoms with Gasteiger partial charge < -0.3 is 4.74 Å². The van der Waals surface area contributed by atoms with Crippen LogP contribution in [-0.2, 0) is 4.74 Å². The van der Waals surface area contributed by atoms with Crippen molar-refractivity contribution >= 4 is 11.8 Å². The van der Waals surface area contributed by atoms with Crippen molar-refractivity contribution in [3.63, 3.8) is 0 Å². The van der Waals surface area contributed by atoms with Crippen molar-refractivity contribution in [1.82, 2.24) is 14.8 Å². The second kappa shape index (κ2) is 8.06. The molecule has 4 rings (SSSR count). The van der Waals surface area contributed by atoms with Crippen LogP contribution in [0.2, 0.25) is 0 Å². The molecule has 2 aromatic carbocycles. The fourth-order valence-corrected chi connectivity index (χ4v) is 4.19. The summed E-state index contributed by atoms with van der Waals surface area (Å²) in [6, 6.07) is 18.8. The Balaban J connectivity index is 1.66. The van der Waals surface area contributed by atoms with Gasteiger partial charge in [0.15, 0.2) is 11.0 Å². The van der Waals surface area contributed by atoms with Crippen LogP contribution in [0.5, 0.6) is 0 Å². The normalized spacial score (nSPS) is 17.3. The van der Waals surface area contributed by atoms with Gasteiger partial charge >= 0.3 is 0 Å². The third-order valence-corrected chi connectivity index (χ3v) is 5.69. The van der Waals surface area contributed by atoms with E-state index in [1.807, 2.05) is 18.2 Å². The molecule has 0 unspecified atom stereocenters. The predicted molar refractivity (Wildman–Crippen MR) is 106 cm³/mol. The molecular formula is C21H23N3OS. The van der Waals surface area contributed by atoms with E-state index in [0.29, 0.717) is 6.10 Å². The van der Waals surface area contributed by atoms with Crippen LogP contribution >= 0.6 is 11.8 Å². The van der Waals surface area contributed by atoms with Crippen LogP contribution in [0, 0.1) is 6.92 Å². The maximum Gasteiger partial charge on any atom is 0.196 e. The van der Waals surface area contributed by atoms with Crippen LogP contribution in [-0.4, -0.2) is 33.2 Å². The first-order chi connectivity index (χ1) is 12.8. The van der Waals surface area contributed by atoms with Gasteiger partial charge in [-0.3, -0.25) is 4.57 Å². The number of para-hydroxylation sites is 1. The van der Waals surface area contributed by atoms with Gasteiger partial charge in [0, 0.05) is 23.6 Å². The van der Waals surface area contributed by atoms with Crippen LogP contribution in [0.1, 0.15) is 24.8 Å². The molecule has 134 valence electrons. The number of thioether (sulfide) groups is 1. The van der Waals surface area contributed by atoms with Gasteiger partial charge in [-0.25, -0.2) is 0 Å². The van der Waals surface area contributed by atoms with Gasteiger partial charge in [-0.2, -0.15) is 0 Å². The van der Waals surface area contributed by atoms with Crippen LogP contribution < -0.4 is 0 Å². The summed E-state index contributed by atoms with van der Waals surface area (Å²) in [5.41, 5.74) is 3.40. The molecular weight excluding hydrogens is 342 g/mol. The first-order valence-electron chi connectivity index (χ1n) is 9.13. The molecule has 4 nitrogen and oxygen atoms in total. The molecule has 0 aliphatic carbocycles. The Hall–Kier alpha value is -2.11. The lowest BCUT2D eigenvalue weighted by molar-refractivity contribution is 0.0315. The molecule has 1 atom stereocenters. The van der Waals surface area contributed by atoms with E-state index in [0.717, 1.165) is 41.0 Å². The zero-order valence-electron chi connectivity index (χ0n) is 15.0. The number of aromatic nitrogens is 3. The molecule has 0 radical (unpaired) electrons. The van der Waals surface area contributed by atoms with Gasteiger partial charge in [-0.15, -0.1) is 10.2 Å². The monoisotopic (exact) mass is 365 g/mol. The molecule has 5 heteroatoms. The fraction of sp³-hybridized carbons (Fsp3) is 0.333. The molecule has 26 heavy (non-hydrogen) atoms. The summed E-state index contributed by atoms with van der Waals surface area (Å²) in [7, 11) is 0. The molecule has 0 N–H and O–H groups in total. The van der Waals surface area contributed by atoms with Gasteiger partial charge in [0.25, 0.3) is 0 Å². The molecule has 0 bridgehead atoms. The third-order valence-electron chi connectivity index (χ3n) is 4.63. The molecule has 0 spiro atoms. The minimum atomic E-state index is 0.317. The summed E-state index contributed by atoms with van der Waals surface area (Å²) >= 11 is 1.73. The van der Waals surface area contributed by atoms with E-state index >= 15 is 0 Å². The second-order valence-corrected chi connectivity index (χ2v) is 7.63. The third kappa shape index (κ3) is 3.84. The molecule has 1 fully saturated rings. The van der Waals surface area contributed by atoms with E-state index < -0.39 is 0 Å². The quantitative estimate of drug-likeness (QED) is 0.603. The summed E-state index contributed by atoms with van der Waals surface area (Å²) in [6.45, 7) is 2.97. The lowest BCUT2D eigenvalue weighted by Gasteiger charge is -2.22. The van der Waals surface area contributed by atoms with Gasteiger partial charge in [-0.05, 0) is 38.3 Å². The highest BCUT2D eigenvalue weighted by Gasteiger charge is 2.19. The van der Waals surface area contributed by atoms with Crippen molar-refractivity contribution in [3.8, 4) is 17.1 Å². The largest absolute Gasteiger partial charge is 0.377 e. The molecule has 0 saturated carbocycles. The maximum atomic E-state index is 5.87. The summed E-state index contributed by atoms with van der Waals surface area (Å²) < 4.78 is 8.02. The van der Waals surface area contributed by atoms with Crippen molar-refractivity contribution in [2.45, 2.75) is 37.4 Å². The van der Waals surface area contributed by atoms with Crippen molar-refractivity contribution in [3.05, 3.63) is 60.2 Å². The molecule has 1 aliphatic rings. The van der Waals surface area contributed by atoms with Crippen molar-refractivity contribution < 1.29 is 4.74 Å². The highest BCUT2D eigenvalue weighted by molar-refractivity contribution is 7.99. The minimum absolute atomic E-state index is 0.317. The van der Waals surface area contributed by atoms with E-state index in [1.165, 1.54) is 18.4 Å². The Kier molecular flexibility index (Phi) is 5.37. The SMILES string of the molecule is Cc1ccc(-c2nnc(SC[C@H]3CCCCO3)n2-c2ccccc2)cc1. The number of hydrogen-bond acceptors (Lipinski definition) is 4. The molecule has 2 heterocycles. The number of ether oxygens (including phenoxy) is 1. The Bertz CT molecular complexity index is 839. The summed E-state index contributed by atoms with van der Waals surface area (Å²) in [5.74, 6) is 1.79. The fourth-order valence-electron chi connectivity index (χ4n) is 3.17. The number of hydrogen-bond donors (Lipinski definition) is 0. The minimum Gasteiger partial charge on any atom is -0.377 e. The molecule has 1 saturated heterocycles. The standard InChI is InChI=1S/C21H23N3OS/c1-16-10-12-17(13-11-16)20-22-23-21(24(20)18-7-3-2-4-8-18)26-15-19-9-5-6-14-25-19/h2-4,7-8,10-13,19H,5-6,9,14-15H2,1H3/t19-/m1/s1. The van der Waals surface area contributed by atoms with E-state index in [1.54, 1.807) is 11.8 Å². The van der Waals surface area contributed by atoms with E-state index in [9.17, 15) is 0 Å². The van der Waals surface area contributed by atoms with Gasteiger partial charge in [0.2, 0.25) is 0 Å². The lowest BCUT2D eigenvalue weighted by Crippen LogP contribution is -2.21. The Labute approximate surface area is 158 Å². The van der Waals surface area contributed by atoms with Gasteiger partial charge in [0.1, 0.15) is 0 Å². The Morgan fingerprint density at radius 3 is 2.58 bits per heavy atom. The lowest BCUT2D eigenvalue weighted by atomic mass is 10.1. The van der Waals surface area contributed by atoms with Crippen molar-refractivity contribution in [2.24, 2.45) is 0 Å². The van der Waals surface area contributed by atoms with E-state index in [4.69, 9.17) is 4.74 Å². The number of nitrogens with zero attached hydrogens (tertiary/aromatic N) is 3. The second-order valence-electron chi connectivity index (χ2n) is 6.64. The zero-order valence-corrected chi connectivity index (χ0v) is 15.8. The van der Waals surface area contributed by atoms with Crippen LogP contribution in [0.3, 0.4) is 0 Å². The van der Waals surface area contributed by atoms with Crippen molar-refractivity contribution in [1.29, 1.82) is 0 Å². The van der Waals surface area contributed by atoms with E-state index in [-0.39, 0.29) is 0 Å². The summed E-state index contributed by atoms with van der Waals surface area (Å²) in [5, 5.41) is 9.92. The number of benzene rings is 2. The van der Waals surface area contributed by atoms with Crippen LogP contribution in [0.25, 0.3) is 17.1 Å². The summed E-state index contributed by atoms with van der Waals surface area (Å²) in [4.78, 5) is 0. The Morgan fingerprint density at radius 1 is 1.04 bits per heavy atom. The smallest absolute Gasteiger partial charge is 0.196 e. The molecule has 0 amide bonds. The van der Waals surface area contributed by atoms with E-state index in [2.05, 4.69) is 58.1 Å². The maximum absolute atomic E-state index is 5.87. The average molecular weight is 366 g/mol. The summed E-state index contributed by atoms with van der Waals surface area (Å²) in [6.07, 6.45) is 3.89. The first-order valence-corrected chi connectivity index (χ1v) is 10.1. The first kappa shape index (κ1) is 17.3. The molecule has 1 aliphatic heterocycles. The van der Waals surface area contributed by atoms with Crippen LogP contribution in [0.15, 0.2) is 59.8 Å². The topological polar surface area (TPSA) is 39.9 Å². The van der Waals surface area contributed by atoms with Gasteiger partial charge in [-0.1, -0.05) is 59.8 Å². The van der Waals surface area contributed by atoms with Crippen LogP contribution in [0.4, 0.5) is 0 Å². The molecule has 1 aromatic heterocycles.